The van der Waals surface area contributed by atoms with E-state index in [-0.39, 0.29) is 11.9 Å². The first-order valence-corrected chi connectivity index (χ1v) is 7.13. The van der Waals surface area contributed by atoms with E-state index in [1.165, 1.54) is 0 Å². The van der Waals surface area contributed by atoms with Crippen LogP contribution in [0.3, 0.4) is 0 Å². The van der Waals surface area contributed by atoms with Crippen molar-refractivity contribution in [3.8, 4) is 0 Å². The normalized spacial score (nSPS) is 19.7. The van der Waals surface area contributed by atoms with E-state index in [2.05, 4.69) is 17.4 Å². The summed E-state index contributed by atoms with van der Waals surface area (Å²) in [5, 5.41) is 7.36. The van der Waals surface area contributed by atoms with Gasteiger partial charge in [0.25, 0.3) is 0 Å². The first-order valence-electron chi connectivity index (χ1n) is 7.13. The number of rotatable bonds is 4. The summed E-state index contributed by atoms with van der Waals surface area (Å²) in [7, 11) is 0. The first kappa shape index (κ1) is 14.1. The Hall–Kier alpha value is -1.36. The van der Waals surface area contributed by atoms with Crippen molar-refractivity contribution < 1.29 is 9.32 Å². The van der Waals surface area contributed by atoms with Crippen LogP contribution in [-0.2, 0) is 24.1 Å². The Morgan fingerprint density at radius 2 is 2.26 bits per heavy atom. The quantitative estimate of drug-likeness (QED) is 0.887. The second-order valence-electron chi connectivity index (χ2n) is 5.06. The number of hydrogen-bond acceptors (Lipinski definition) is 4. The summed E-state index contributed by atoms with van der Waals surface area (Å²) < 4.78 is 5.32. The highest BCUT2D eigenvalue weighted by Gasteiger charge is 2.25. The van der Waals surface area contributed by atoms with Gasteiger partial charge in [0.15, 0.2) is 0 Å². The summed E-state index contributed by atoms with van der Waals surface area (Å²) >= 11 is 0. The molecule has 1 saturated heterocycles. The summed E-state index contributed by atoms with van der Waals surface area (Å²) in [6, 6.07) is 0.260. The zero-order chi connectivity index (χ0) is 13.8. The molecule has 5 nitrogen and oxygen atoms in total. The molecular weight excluding hydrogens is 242 g/mol. The summed E-state index contributed by atoms with van der Waals surface area (Å²) in [5.74, 6) is 1.04. The molecule has 1 N–H and O–H groups in total. The van der Waals surface area contributed by atoms with Crippen molar-refractivity contribution >= 4 is 5.91 Å². The van der Waals surface area contributed by atoms with E-state index < -0.39 is 0 Å². The van der Waals surface area contributed by atoms with Gasteiger partial charge < -0.3 is 14.7 Å². The van der Waals surface area contributed by atoms with Gasteiger partial charge in [-0.15, -0.1) is 0 Å². The van der Waals surface area contributed by atoms with E-state index in [4.69, 9.17) is 4.52 Å². The molecule has 5 heteroatoms. The van der Waals surface area contributed by atoms with Crippen molar-refractivity contribution in [3.05, 3.63) is 17.0 Å². The fourth-order valence-electron chi connectivity index (χ4n) is 2.60. The lowest BCUT2D eigenvalue weighted by atomic mass is 10.0. The number of aryl methyl sites for hydroxylation is 2. The van der Waals surface area contributed by atoms with Gasteiger partial charge in [0.05, 0.1) is 12.1 Å². The minimum absolute atomic E-state index is 0.182. The molecule has 1 aliphatic rings. The predicted molar refractivity (Wildman–Crippen MR) is 73.0 cm³/mol. The van der Waals surface area contributed by atoms with E-state index in [0.717, 1.165) is 49.5 Å². The van der Waals surface area contributed by atoms with E-state index in [9.17, 15) is 4.79 Å². The second-order valence-corrected chi connectivity index (χ2v) is 5.06. The lowest BCUT2D eigenvalue weighted by molar-refractivity contribution is -0.133. The first-order chi connectivity index (χ1) is 9.17. The Balaban J connectivity index is 2.11. The number of aromatic nitrogens is 1. The molecule has 0 aromatic carbocycles. The van der Waals surface area contributed by atoms with Crippen LogP contribution >= 0.6 is 0 Å². The summed E-state index contributed by atoms with van der Waals surface area (Å²) in [5.41, 5.74) is 1.92. The van der Waals surface area contributed by atoms with Gasteiger partial charge in [-0.1, -0.05) is 19.0 Å². The van der Waals surface area contributed by atoms with Gasteiger partial charge in [-0.25, -0.2) is 0 Å². The molecule has 1 aliphatic heterocycles. The van der Waals surface area contributed by atoms with Crippen molar-refractivity contribution in [2.24, 2.45) is 0 Å². The fourth-order valence-corrected chi connectivity index (χ4v) is 2.60. The van der Waals surface area contributed by atoms with Crippen LogP contribution in [0.1, 0.15) is 37.8 Å². The molecule has 1 fully saturated rings. The van der Waals surface area contributed by atoms with Gasteiger partial charge >= 0.3 is 0 Å². The van der Waals surface area contributed by atoms with Crippen LogP contribution in [0.15, 0.2) is 4.52 Å². The van der Waals surface area contributed by atoms with Gasteiger partial charge in [-0.3, -0.25) is 4.79 Å². The van der Waals surface area contributed by atoms with Gasteiger partial charge in [0.1, 0.15) is 5.76 Å². The largest absolute Gasteiger partial charge is 0.361 e. The number of hydrogen-bond donors (Lipinski definition) is 1. The summed E-state index contributed by atoms with van der Waals surface area (Å²) in [6.07, 6.45) is 2.01. The Kier molecular flexibility index (Phi) is 4.58. The highest BCUT2D eigenvalue weighted by Crippen LogP contribution is 2.18. The number of carbonyl (C=O) groups excluding carboxylic acids is 1. The van der Waals surface area contributed by atoms with Gasteiger partial charge in [-0.2, -0.15) is 0 Å². The molecule has 1 atom stereocenters. The molecule has 19 heavy (non-hydrogen) atoms. The van der Waals surface area contributed by atoms with E-state index >= 15 is 0 Å². The van der Waals surface area contributed by atoms with Crippen LogP contribution < -0.4 is 5.32 Å². The van der Waals surface area contributed by atoms with Crippen LogP contribution in [0.4, 0.5) is 0 Å². The standard InChI is InChI=1S/C14H23N3O2/c1-4-12-11(13(5-2)19-16-12)8-14(18)17-7-6-15-9-10(17)3/h10,15H,4-9H2,1-3H3. The molecule has 1 amide bonds. The average molecular weight is 265 g/mol. The lowest BCUT2D eigenvalue weighted by Crippen LogP contribution is -2.52. The third-order valence-corrected chi connectivity index (χ3v) is 3.76. The molecule has 2 heterocycles. The zero-order valence-electron chi connectivity index (χ0n) is 12.0. The highest BCUT2D eigenvalue weighted by molar-refractivity contribution is 5.79. The van der Waals surface area contributed by atoms with Crippen LogP contribution in [-0.4, -0.2) is 41.6 Å². The molecule has 106 valence electrons. The minimum Gasteiger partial charge on any atom is -0.361 e. The Labute approximate surface area is 114 Å². The number of nitrogens with one attached hydrogen (secondary N) is 1. The predicted octanol–water partition coefficient (Wildman–Crippen LogP) is 1.16. The Morgan fingerprint density at radius 3 is 2.89 bits per heavy atom. The number of nitrogens with zero attached hydrogens (tertiary/aromatic N) is 2. The smallest absolute Gasteiger partial charge is 0.227 e. The molecule has 0 spiro atoms. The molecule has 0 radical (unpaired) electrons. The zero-order valence-corrected chi connectivity index (χ0v) is 12.0. The molecule has 1 unspecified atom stereocenters. The summed E-state index contributed by atoms with van der Waals surface area (Å²) in [4.78, 5) is 14.4. The molecule has 1 aromatic heterocycles. The van der Waals surface area contributed by atoms with Crippen molar-refractivity contribution in [3.63, 3.8) is 0 Å². The van der Waals surface area contributed by atoms with Crippen molar-refractivity contribution in [1.29, 1.82) is 0 Å². The molecule has 2 rings (SSSR count). The third kappa shape index (κ3) is 2.97. The van der Waals surface area contributed by atoms with Crippen LogP contribution in [0.2, 0.25) is 0 Å². The number of amides is 1. The molecule has 0 aliphatic carbocycles. The van der Waals surface area contributed by atoms with Crippen LogP contribution in [0, 0.1) is 0 Å². The van der Waals surface area contributed by atoms with Crippen molar-refractivity contribution in [2.75, 3.05) is 19.6 Å². The lowest BCUT2D eigenvalue weighted by Gasteiger charge is -2.34. The maximum Gasteiger partial charge on any atom is 0.227 e. The Morgan fingerprint density at radius 1 is 1.47 bits per heavy atom. The molecular formula is C14H23N3O2. The Bertz CT molecular complexity index is 420. The van der Waals surface area contributed by atoms with Gasteiger partial charge in [0, 0.05) is 37.7 Å². The fraction of sp³-hybridized carbons (Fsp3) is 0.714. The SMILES string of the molecule is CCc1noc(CC)c1CC(=O)N1CCNCC1C. The number of carbonyl (C=O) groups is 1. The van der Waals surface area contributed by atoms with Crippen LogP contribution in [0.25, 0.3) is 0 Å². The van der Waals surface area contributed by atoms with E-state index in [1.807, 2.05) is 18.7 Å². The molecule has 1 aromatic rings. The van der Waals surface area contributed by atoms with Gasteiger partial charge in [0.2, 0.25) is 5.91 Å². The minimum atomic E-state index is 0.182. The monoisotopic (exact) mass is 265 g/mol. The van der Waals surface area contributed by atoms with Crippen molar-refractivity contribution in [2.45, 2.75) is 46.1 Å². The summed E-state index contributed by atoms with van der Waals surface area (Å²) in [6.45, 7) is 8.69. The maximum atomic E-state index is 12.4. The van der Waals surface area contributed by atoms with Crippen LogP contribution in [0.5, 0.6) is 0 Å². The van der Waals surface area contributed by atoms with E-state index in [0.29, 0.717) is 6.42 Å². The van der Waals surface area contributed by atoms with E-state index in [1.54, 1.807) is 0 Å². The van der Waals surface area contributed by atoms with Crippen molar-refractivity contribution in [1.82, 2.24) is 15.4 Å². The number of piperazine rings is 1. The topological polar surface area (TPSA) is 58.4 Å². The second kappa shape index (κ2) is 6.19. The van der Waals surface area contributed by atoms with Gasteiger partial charge in [-0.05, 0) is 13.3 Å². The third-order valence-electron chi connectivity index (χ3n) is 3.76. The average Bonchev–Trinajstić information content (AvgIpc) is 2.81. The molecule has 0 bridgehead atoms. The highest BCUT2D eigenvalue weighted by atomic mass is 16.5. The molecule has 0 saturated carbocycles. The maximum absolute atomic E-state index is 12.4.